The summed E-state index contributed by atoms with van der Waals surface area (Å²) < 4.78 is 55.4. The van der Waals surface area contributed by atoms with Gasteiger partial charge in [-0.3, -0.25) is 24.5 Å². The SMILES string of the molecule is CC(OC(=O)C(C(=O)OC(C)C(C)(C)C)C(=O)c1cc(Oc2ccc(C(F)(F)F)cc2Cl)ccc1[N+](=O)[O-])C(C)(C)C. The number of alkyl halides is 3. The topological polar surface area (TPSA) is 122 Å². The van der Waals surface area contributed by atoms with Crippen LogP contribution >= 0.6 is 11.6 Å². The Hall–Kier alpha value is -3.67. The van der Waals surface area contributed by atoms with Crippen molar-refractivity contribution >= 4 is 35.0 Å². The largest absolute Gasteiger partial charge is 0.461 e. The van der Waals surface area contributed by atoms with Gasteiger partial charge in [-0.25, -0.2) is 0 Å². The van der Waals surface area contributed by atoms with Crippen LogP contribution in [0.2, 0.25) is 5.02 Å². The zero-order valence-electron chi connectivity index (χ0n) is 24.4. The van der Waals surface area contributed by atoms with Gasteiger partial charge in [-0.2, -0.15) is 13.2 Å². The zero-order chi connectivity index (χ0) is 32.4. The van der Waals surface area contributed by atoms with E-state index in [1.165, 1.54) is 0 Å². The first kappa shape index (κ1) is 34.5. The second kappa shape index (κ2) is 12.7. The van der Waals surface area contributed by atoms with Crippen molar-refractivity contribution < 1.29 is 46.7 Å². The normalized spacial score (nSPS) is 14.4. The number of hydrogen-bond donors (Lipinski definition) is 0. The maximum absolute atomic E-state index is 13.7. The molecule has 0 aromatic heterocycles. The number of hydrogen-bond acceptors (Lipinski definition) is 8. The Bertz CT molecular complexity index is 1330. The fourth-order valence-electron chi connectivity index (χ4n) is 3.13. The number of benzene rings is 2. The molecule has 0 saturated carbocycles. The van der Waals surface area contributed by atoms with Crippen molar-refractivity contribution in [1.29, 1.82) is 0 Å². The first-order valence-corrected chi connectivity index (χ1v) is 13.2. The number of nitro groups is 1. The molecule has 9 nitrogen and oxygen atoms in total. The minimum absolute atomic E-state index is 0.239. The predicted molar refractivity (Wildman–Crippen MR) is 147 cm³/mol. The van der Waals surface area contributed by atoms with Crippen LogP contribution < -0.4 is 4.74 Å². The summed E-state index contributed by atoms with van der Waals surface area (Å²) in [5, 5.41) is 11.4. The van der Waals surface area contributed by atoms with E-state index in [4.69, 9.17) is 25.8 Å². The number of rotatable bonds is 9. The second-order valence-corrected chi connectivity index (χ2v) is 12.3. The second-order valence-electron chi connectivity index (χ2n) is 11.9. The lowest BCUT2D eigenvalue weighted by atomic mass is 9.89. The molecule has 0 N–H and O–H groups in total. The van der Waals surface area contributed by atoms with Crippen LogP contribution in [0.15, 0.2) is 36.4 Å². The molecule has 13 heteroatoms. The maximum atomic E-state index is 13.7. The lowest BCUT2D eigenvalue weighted by Crippen LogP contribution is -2.41. The minimum Gasteiger partial charge on any atom is -0.461 e. The molecule has 0 aliphatic heterocycles. The highest BCUT2D eigenvalue weighted by Crippen LogP contribution is 2.38. The van der Waals surface area contributed by atoms with Crippen molar-refractivity contribution in [3.05, 3.63) is 62.7 Å². The number of halogens is 4. The van der Waals surface area contributed by atoms with Gasteiger partial charge in [0.2, 0.25) is 5.92 Å². The molecule has 0 amide bonds. The lowest BCUT2D eigenvalue weighted by molar-refractivity contribution is -0.385. The van der Waals surface area contributed by atoms with E-state index in [1.54, 1.807) is 55.4 Å². The van der Waals surface area contributed by atoms with Gasteiger partial charge >= 0.3 is 18.1 Å². The van der Waals surface area contributed by atoms with Gasteiger partial charge in [0.1, 0.15) is 29.3 Å². The molecule has 2 unspecified atom stereocenters. The van der Waals surface area contributed by atoms with Crippen LogP contribution in [0.1, 0.15) is 71.3 Å². The van der Waals surface area contributed by atoms with Crippen LogP contribution in [0.3, 0.4) is 0 Å². The Morgan fingerprint density at radius 3 is 1.76 bits per heavy atom. The van der Waals surface area contributed by atoms with Crippen LogP contribution in [0.25, 0.3) is 0 Å². The number of nitrogens with zero attached hydrogens (tertiary/aromatic N) is 1. The summed E-state index contributed by atoms with van der Waals surface area (Å²) in [4.78, 5) is 51.1. The third-order valence-corrected chi connectivity index (χ3v) is 6.97. The van der Waals surface area contributed by atoms with E-state index in [0.717, 1.165) is 24.3 Å². The van der Waals surface area contributed by atoms with E-state index < -0.39 is 79.6 Å². The van der Waals surface area contributed by atoms with Crippen molar-refractivity contribution in [3.8, 4) is 11.5 Å². The van der Waals surface area contributed by atoms with Crippen molar-refractivity contribution in [2.24, 2.45) is 16.7 Å². The van der Waals surface area contributed by atoms with Crippen molar-refractivity contribution in [2.75, 3.05) is 0 Å². The fraction of sp³-hybridized carbons (Fsp3) is 0.483. The summed E-state index contributed by atoms with van der Waals surface area (Å²) in [7, 11) is 0. The average molecular weight is 616 g/mol. The number of ether oxygens (including phenoxy) is 3. The van der Waals surface area contributed by atoms with E-state index in [2.05, 4.69) is 0 Å². The van der Waals surface area contributed by atoms with Crippen LogP contribution in [-0.2, 0) is 25.2 Å². The number of carbonyl (C=O) groups is 3. The molecule has 0 spiro atoms. The highest BCUT2D eigenvalue weighted by molar-refractivity contribution is 6.32. The molecule has 2 atom stereocenters. The van der Waals surface area contributed by atoms with Gasteiger partial charge in [-0.15, -0.1) is 0 Å². The van der Waals surface area contributed by atoms with Crippen molar-refractivity contribution in [3.63, 3.8) is 0 Å². The summed E-state index contributed by atoms with van der Waals surface area (Å²) in [5.41, 5.74) is -3.64. The number of carbonyl (C=O) groups excluding carboxylic acids is 3. The molecule has 0 aliphatic rings. The van der Waals surface area contributed by atoms with Gasteiger partial charge in [0.25, 0.3) is 5.69 Å². The van der Waals surface area contributed by atoms with Crippen LogP contribution in [-0.4, -0.2) is 34.9 Å². The molecule has 0 bridgehead atoms. The molecule has 0 fully saturated rings. The number of ketones is 1. The third kappa shape index (κ3) is 8.67. The Balaban J connectivity index is 2.58. The summed E-state index contributed by atoms with van der Waals surface area (Å²) in [5.74, 6) is -6.52. The van der Waals surface area contributed by atoms with Gasteiger partial charge in [-0.05, 0) is 55.0 Å². The zero-order valence-corrected chi connectivity index (χ0v) is 25.2. The van der Waals surface area contributed by atoms with Crippen molar-refractivity contribution in [1.82, 2.24) is 0 Å². The molecule has 2 aromatic carbocycles. The Morgan fingerprint density at radius 1 is 0.857 bits per heavy atom. The number of esters is 2. The van der Waals surface area contributed by atoms with Gasteiger partial charge in [0.15, 0.2) is 5.78 Å². The summed E-state index contributed by atoms with van der Waals surface area (Å²) >= 11 is 5.95. The Kier molecular flexibility index (Phi) is 10.4. The van der Waals surface area contributed by atoms with E-state index >= 15 is 0 Å². The molecule has 0 heterocycles. The van der Waals surface area contributed by atoms with Crippen LogP contribution in [0, 0.1) is 26.9 Å². The Morgan fingerprint density at radius 2 is 1.36 bits per heavy atom. The Labute approximate surface area is 246 Å². The minimum atomic E-state index is -4.66. The van der Waals surface area contributed by atoms with E-state index in [1.807, 2.05) is 0 Å². The molecule has 230 valence electrons. The molecule has 42 heavy (non-hydrogen) atoms. The van der Waals surface area contributed by atoms with E-state index in [0.29, 0.717) is 12.1 Å². The van der Waals surface area contributed by atoms with Gasteiger partial charge in [0, 0.05) is 6.07 Å². The fourth-order valence-corrected chi connectivity index (χ4v) is 3.35. The summed E-state index contributed by atoms with van der Waals surface area (Å²) in [6.45, 7) is 13.7. The molecule has 0 radical (unpaired) electrons. The van der Waals surface area contributed by atoms with Crippen molar-refractivity contribution in [2.45, 2.75) is 73.8 Å². The molecule has 0 aliphatic carbocycles. The summed E-state index contributed by atoms with van der Waals surface area (Å²) in [6.07, 6.45) is -6.19. The molecular formula is C29H33ClF3NO8. The third-order valence-electron chi connectivity index (χ3n) is 6.68. The quantitative estimate of drug-likeness (QED) is 0.0920. The predicted octanol–water partition coefficient (Wildman–Crippen LogP) is 7.81. The summed E-state index contributed by atoms with van der Waals surface area (Å²) in [6, 6.07) is 5.15. The van der Waals surface area contributed by atoms with Gasteiger partial charge < -0.3 is 14.2 Å². The monoisotopic (exact) mass is 615 g/mol. The number of nitro benzene ring substituents is 1. The molecule has 2 rings (SSSR count). The van der Waals surface area contributed by atoms with E-state index in [9.17, 15) is 37.7 Å². The highest BCUT2D eigenvalue weighted by atomic mass is 35.5. The van der Waals surface area contributed by atoms with Gasteiger partial charge in [0.05, 0.1) is 15.5 Å². The molecular weight excluding hydrogens is 583 g/mol. The standard InChI is InChI=1S/C29H33ClF3NO8/c1-15(27(3,4)5)40-25(36)23(26(37)41-16(2)28(6,7)8)24(35)19-14-18(10-11-21(19)34(38)39)42-22-12-9-17(13-20(22)30)29(31,32)33/h9-16,23H,1-8H3. The maximum Gasteiger partial charge on any atom is 0.416 e. The van der Waals surface area contributed by atoms with Crippen LogP contribution in [0.5, 0.6) is 11.5 Å². The first-order valence-electron chi connectivity index (χ1n) is 12.8. The van der Waals surface area contributed by atoms with Crippen LogP contribution in [0.4, 0.5) is 18.9 Å². The highest BCUT2D eigenvalue weighted by Gasteiger charge is 2.43. The first-order chi connectivity index (χ1) is 19.0. The lowest BCUT2D eigenvalue weighted by Gasteiger charge is -2.30. The van der Waals surface area contributed by atoms with E-state index in [-0.39, 0.29) is 11.5 Å². The molecule has 2 aromatic rings. The smallest absolute Gasteiger partial charge is 0.416 e. The van der Waals surface area contributed by atoms with Gasteiger partial charge in [-0.1, -0.05) is 53.1 Å². The number of Topliss-reactive ketones (excluding diaryl/α,β-unsaturated/α-hetero) is 1. The molecule has 0 saturated heterocycles. The average Bonchev–Trinajstić information content (AvgIpc) is 2.83.